The summed E-state index contributed by atoms with van der Waals surface area (Å²) in [5.74, 6) is 0.722. The minimum Gasteiger partial charge on any atom is -0.237 e. The smallest absolute Gasteiger partial charge is 0.160 e. The number of hydrogen-bond acceptors (Lipinski definition) is 2. The van der Waals surface area contributed by atoms with Gasteiger partial charge in [-0.3, -0.25) is 0 Å². The highest BCUT2D eigenvalue weighted by Crippen LogP contribution is 2.17. The van der Waals surface area contributed by atoms with Crippen LogP contribution in [0, 0.1) is 0 Å². The summed E-state index contributed by atoms with van der Waals surface area (Å²) in [5.41, 5.74) is 1.03. The Morgan fingerprint density at radius 2 is 2.18 bits per heavy atom. The van der Waals surface area contributed by atoms with Gasteiger partial charge in [-0.05, 0) is 24.3 Å². The standard InChI is InChI=1S/C8H5N2S/c11-7-4-3-6-2-1-5-9-8(6)10-7/h1-5H. The molecule has 0 N–H and O–H groups in total. The molecule has 1 radical (unpaired) electrons. The quantitative estimate of drug-likeness (QED) is 0.541. The molecule has 1 aliphatic heterocycles. The highest BCUT2D eigenvalue weighted by atomic mass is 32.1. The van der Waals surface area contributed by atoms with Crippen molar-refractivity contribution < 1.29 is 0 Å². The Bertz CT molecular complexity index is 331. The largest absolute Gasteiger partial charge is 0.237 e. The number of aromatic nitrogens is 1. The van der Waals surface area contributed by atoms with Gasteiger partial charge in [0.05, 0.1) is 0 Å². The summed E-state index contributed by atoms with van der Waals surface area (Å²) >= 11 is 4.89. The number of hydrogen-bond donors (Lipinski definition) is 0. The second kappa shape index (κ2) is 2.43. The monoisotopic (exact) mass is 161 g/mol. The fourth-order valence-corrected chi connectivity index (χ4v) is 1.09. The maximum absolute atomic E-state index is 4.89. The van der Waals surface area contributed by atoms with Crippen molar-refractivity contribution in [2.24, 2.45) is 0 Å². The fraction of sp³-hybridized carbons (Fsp3) is 0. The molecule has 0 aromatic carbocycles. The summed E-state index contributed by atoms with van der Waals surface area (Å²) in [6.07, 6.45) is 5.45. The van der Waals surface area contributed by atoms with Crippen molar-refractivity contribution in [1.82, 2.24) is 10.3 Å². The van der Waals surface area contributed by atoms with Gasteiger partial charge < -0.3 is 0 Å². The van der Waals surface area contributed by atoms with Crippen molar-refractivity contribution in [1.29, 1.82) is 0 Å². The molecule has 0 saturated carbocycles. The first-order valence-electron chi connectivity index (χ1n) is 3.25. The molecule has 0 bridgehead atoms. The normalized spacial score (nSPS) is 14.0. The van der Waals surface area contributed by atoms with Gasteiger partial charge in [0.25, 0.3) is 0 Å². The lowest BCUT2D eigenvalue weighted by atomic mass is 10.2. The number of rotatable bonds is 0. The van der Waals surface area contributed by atoms with Crippen LogP contribution in [0.5, 0.6) is 0 Å². The van der Waals surface area contributed by atoms with Gasteiger partial charge >= 0.3 is 0 Å². The van der Waals surface area contributed by atoms with Gasteiger partial charge in [0.1, 0.15) is 4.99 Å². The van der Waals surface area contributed by atoms with Crippen molar-refractivity contribution in [3.8, 4) is 0 Å². The Morgan fingerprint density at radius 1 is 1.27 bits per heavy atom. The minimum atomic E-state index is 0.594. The summed E-state index contributed by atoms with van der Waals surface area (Å²) in [6, 6.07) is 3.84. The predicted molar refractivity (Wildman–Crippen MR) is 47.7 cm³/mol. The SMILES string of the molecule is S=C1C=Cc2cccnc2[N]1. The lowest BCUT2D eigenvalue weighted by molar-refractivity contribution is 1.15. The Morgan fingerprint density at radius 3 is 3.09 bits per heavy atom. The van der Waals surface area contributed by atoms with Crippen LogP contribution >= 0.6 is 12.2 Å². The van der Waals surface area contributed by atoms with Gasteiger partial charge in [-0.1, -0.05) is 12.2 Å². The van der Waals surface area contributed by atoms with Crippen molar-refractivity contribution >= 4 is 29.1 Å². The van der Waals surface area contributed by atoms with Crippen LogP contribution in [0.4, 0.5) is 5.82 Å². The van der Waals surface area contributed by atoms with Crippen LogP contribution in [0.3, 0.4) is 0 Å². The Kier molecular flexibility index (Phi) is 1.43. The average Bonchev–Trinajstić information content (AvgIpc) is 2.04. The maximum atomic E-state index is 4.89. The molecule has 3 heteroatoms. The van der Waals surface area contributed by atoms with Gasteiger partial charge in [0.2, 0.25) is 0 Å². The molecule has 1 aromatic rings. The van der Waals surface area contributed by atoms with Crippen molar-refractivity contribution in [3.05, 3.63) is 30.0 Å². The minimum absolute atomic E-state index is 0.594. The van der Waals surface area contributed by atoms with Crippen molar-refractivity contribution in [3.63, 3.8) is 0 Å². The zero-order valence-electron chi connectivity index (χ0n) is 5.69. The molecule has 1 aromatic heterocycles. The van der Waals surface area contributed by atoms with E-state index in [-0.39, 0.29) is 0 Å². The molecule has 0 saturated heterocycles. The van der Waals surface area contributed by atoms with Crippen LogP contribution < -0.4 is 5.32 Å². The third kappa shape index (κ3) is 1.14. The molecule has 1 aliphatic rings. The summed E-state index contributed by atoms with van der Waals surface area (Å²) in [5, 5.41) is 4.08. The third-order valence-electron chi connectivity index (χ3n) is 1.44. The molecule has 2 rings (SSSR count). The maximum Gasteiger partial charge on any atom is 0.160 e. The first-order valence-corrected chi connectivity index (χ1v) is 3.66. The molecule has 2 heterocycles. The Balaban J connectivity index is 2.54. The van der Waals surface area contributed by atoms with E-state index in [1.807, 2.05) is 18.2 Å². The second-order valence-corrected chi connectivity index (χ2v) is 2.62. The molecule has 0 aliphatic carbocycles. The first kappa shape index (κ1) is 6.49. The van der Waals surface area contributed by atoms with E-state index in [1.165, 1.54) is 0 Å². The topological polar surface area (TPSA) is 27.0 Å². The van der Waals surface area contributed by atoms with Gasteiger partial charge in [0.15, 0.2) is 5.82 Å². The lowest BCUT2D eigenvalue weighted by Gasteiger charge is -2.07. The fourth-order valence-electron chi connectivity index (χ4n) is 0.936. The van der Waals surface area contributed by atoms with Crippen LogP contribution in [0.1, 0.15) is 5.56 Å². The molecule has 0 atom stereocenters. The second-order valence-electron chi connectivity index (χ2n) is 2.20. The lowest BCUT2D eigenvalue weighted by Crippen LogP contribution is -2.10. The Labute approximate surface area is 70.0 Å². The molecule has 2 nitrogen and oxygen atoms in total. The molecule has 0 fully saturated rings. The van der Waals surface area contributed by atoms with Gasteiger partial charge in [-0.25, -0.2) is 10.3 Å². The molecular weight excluding hydrogens is 156 g/mol. The number of nitrogens with zero attached hydrogens (tertiary/aromatic N) is 2. The van der Waals surface area contributed by atoms with E-state index in [9.17, 15) is 0 Å². The van der Waals surface area contributed by atoms with Crippen molar-refractivity contribution in [2.75, 3.05) is 0 Å². The molecule has 53 valence electrons. The van der Waals surface area contributed by atoms with Gasteiger partial charge in [0, 0.05) is 11.8 Å². The number of fused-ring (bicyclic) bond motifs is 1. The van der Waals surface area contributed by atoms with E-state index in [1.54, 1.807) is 12.3 Å². The van der Waals surface area contributed by atoms with Crippen molar-refractivity contribution in [2.45, 2.75) is 0 Å². The summed E-state index contributed by atoms with van der Waals surface area (Å²) in [7, 11) is 0. The molecule has 0 spiro atoms. The number of thiocarbonyl (C=S) groups is 1. The van der Waals surface area contributed by atoms with E-state index in [0.29, 0.717) is 4.99 Å². The predicted octanol–water partition coefficient (Wildman–Crippen LogP) is 1.67. The van der Waals surface area contributed by atoms with E-state index in [2.05, 4.69) is 10.3 Å². The zero-order chi connectivity index (χ0) is 7.68. The molecule has 0 unspecified atom stereocenters. The average molecular weight is 161 g/mol. The molecule has 11 heavy (non-hydrogen) atoms. The van der Waals surface area contributed by atoms with E-state index >= 15 is 0 Å². The highest BCUT2D eigenvalue weighted by molar-refractivity contribution is 7.80. The van der Waals surface area contributed by atoms with E-state index < -0.39 is 0 Å². The van der Waals surface area contributed by atoms with Crippen LogP contribution in [0.15, 0.2) is 24.4 Å². The van der Waals surface area contributed by atoms with Gasteiger partial charge in [-0.15, -0.1) is 0 Å². The molecular formula is C8H5N2S. The third-order valence-corrected chi connectivity index (χ3v) is 1.67. The van der Waals surface area contributed by atoms with Crippen LogP contribution in [-0.2, 0) is 0 Å². The van der Waals surface area contributed by atoms with Crippen LogP contribution in [0.25, 0.3) is 6.08 Å². The molecule has 0 amide bonds. The van der Waals surface area contributed by atoms with Gasteiger partial charge in [-0.2, -0.15) is 0 Å². The summed E-state index contributed by atoms with van der Waals surface area (Å²) in [6.45, 7) is 0. The highest BCUT2D eigenvalue weighted by Gasteiger charge is 2.07. The first-order chi connectivity index (χ1) is 5.36. The summed E-state index contributed by atoms with van der Waals surface area (Å²) < 4.78 is 0. The summed E-state index contributed by atoms with van der Waals surface area (Å²) in [4.78, 5) is 4.66. The van der Waals surface area contributed by atoms with E-state index in [0.717, 1.165) is 11.4 Å². The van der Waals surface area contributed by atoms with Crippen LogP contribution in [-0.4, -0.2) is 9.97 Å². The van der Waals surface area contributed by atoms with Crippen LogP contribution in [0.2, 0.25) is 0 Å². The van der Waals surface area contributed by atoms with E-state index in [4.69, 9.17) is 12.2 Å². The Hall–Kier alpha value is -1.22. The number of pyridine rings is 1. The zero-order valence-corrected chi connectivity index (χ0v) is 6.51.